The van der Waals surface area contributed by atoms with Crippen LogP contribution in [0.1, 0.15) is 44.1 Å². The second-order valence-corrected chi connectivity index (χ2v) is 7.60. The van der Waals surface area contributed by atoms with E-state index < -0.39 is 42.1 Å². The summed E-state index contributed by atoms with van der Waals surface area (Å²) in [6.45, 7) is 2.41. The molecule has 1 aromatic rings. The molecule has 3 rings (SSSR count). The fourth-order valence-electron chi connectivity index (χ4n) is 3.96. The number of alkyl halides is 2. The molecule has 1 aromatic carbocycles. The van der Waals surface area contributed by atoms with Gasteiger partial charge >= 0.3 is 0 Å². The first kappa shape index (κ1) is 22.0. The second-order valence-electron chi connectivity index (χ2n) is 7.60. The van der Waals surface area contributed by atoms with Crippen LogP contribution >= 0.6 is 0 Å². The molecule has 8 heteroatoms. The van der Waals surface area contributed by atoms with E-state index in [4.69, 9.17) is 14.2 Å². The van der Waals surface area contributed by atoms with E-state index in [1.54, 1.807) is 0 Å². The Hall–Kier alpha value is -1.67. The van der Waals surface area contributed by atoms with Crippen molar-refractivity contribution in [3.05, 3.63) is 41.7 Å². The first-order valence-corrected chi connectivity index (χ1v) is 9.86. The Bertz CT molecular complexity index is 717. The van der Waals surface area contributed by atoms with Crippen molar-refractivity contribution >= 4 is 0 Å². The largest absolute Gasteiger partial charge is 0.490 e. The molecule has 1 saturated carbocycles. The molecular formula is C21H25F5O3. The lowest BCUT2D eigenvalue weighted by molar-refractivity contribution is -0.236. The number of halogens is 5. The highest BCUT2D eigenvalue weighted by Gasteiger charge is 2.49. The lowest BCUT2D eigenvalue weighted by atomic mass is 9.75. The summed E-state index contributed by atoms with van der Waals surface area (Å²) < 4.78 is 86.8. The van der Waals surface area contributed by atoms with Crippen molar-refractivity contribution in [1.82, 2.24) is 0 Å². The van der Waals surface area contributed by atoms with Crippen LogP contribution in [0.4, 0.5) is 22.0 Å². The summed E-state index contributed by atoms with van der Waals surface area (Å²) in [5.74, 6) is -8.29. The van der Waals surface area contributed by atoms with E-state index in [1.807, 2.05) is 6.92 Å². The van der Waals surface area contributed by atoms with E-state index in [0.717, 1.165) is 0 Å². The molecule has 0 amide bonds. The van der Waals surface area contributed by atoms with Crippen molar-refractivity contribution < 1.29 is 36.2 Å². The van der Waals surface area contributed by atoms with Crippen LogP contribution in [0.25, 0.3) is 0 Å². The summed E-state index contributed by atoms with van der Waals surface area (Å²) in [6, 6.07) is 2.39. The summed E-state index contributed by atoms with van der Waals surface area (Å²) in [6.07, 6.45) is 1.25. The first-order valence-electron chi connectivity index (χ1n) is 9.86. The summed E-state index contributed by atoms with van der Waals surface area (Å²) >= 11 is 0. The molecule has 1 saturated heterocycles. The highest BCUT2D eigenvalue weighted by molar-refractivity contribution is 5.34. The predicted octanol–water partition coefficient (Wildman–Crippen LogP) is 5.74. The van der Waals surface area contributed by atoms with Gasteiger partial charge in [-0.15, -0.1) is 0 Å². The maximum Gasteiger partial charge on any atom is 0.255 e. The number of ether oxygens (including phenoxy) is 3. The molecule has 1 heterocycles. The van der Waals surface area contributed by atoms with Gasteiger partial charge in [0.05, 0.1) is 32.1 Å². The van der Waals surface area contributed by atoms with Gasteiger partial charge in [-0.05, 0) is 31.4 Å². The third-order valence-electron chi connectivity index (χ3n) is 5.46. The monoisotopic (exact) mass is 420 g/mol. The minimum atomic E-state index is -3.25. The van der Waals surface area contributed by atoms with Gasteiger partial charge in [0.25, 0.3) is 5.92 Å². The van der Waals surface area contributed by atoms with Crippen LogP contribution in [0.2, 0.25) is 0 Å². The Morgan fingerprint density at radius 2 is 1.86 bits per heavy atom. The first-order chi connectivity index (χ1) is 13.9. The molecule has 2 fully saturated rings. The number of hydrogen-bond acceptors (Lipinski definition) is 3. The minimum Gasteiger partial charge on any atom is -0.490 e. The molecule has 2 unspecified atom stereocenters. The van der Waals surface area contributed by atoms with Crippen molar-refractivity contribution in [1.29, 1.82) is 0 Å². The minimum absolute atomic E-state index is 0.0276. The molecule has 0 bridgehead atoms. The molecule has 2 aliphatic rings. The van der Waals surface area contributed by atoms with Crippen molar-refractivity contribution in [2.24, 2.45) is 11.8 Å². The van der Waals surface area contributed by atoms with Gasteiger partial charge in [-0.3, -0.25) is 0 Å². The summed E-state index contributed by atoms with van der Waals surface area (Å²) in [4.78, 5) is 0. The molecule has 1 aliphatic heterocycles. The van der Waals surface area contributed by atoms with Crippen LogP contribution < -0.4 is 4.74 Å². The summed E-state index contributed by atoms with van der Waals surface area (Å²) in [5.41, 5.74) is -0.339. The van der Waals surface area contributed by atoms with Gasteiger partial charge in [-0.2, -0.15) is 4.39 Å². The summed E-state index contributed by atoms with van der Waals surface area (Å²) in [5, 5.41) is 0. The van der Waals surface area contributed by atoms with Gasteiger partial charge in [-0.1, -0.05) is 13.0 Å². The molecule has 0 aromatic heterocycles. The smallest absolute Gasteiger partial charge is 0.255 e. The van der Waals surface area contributed by atoms with Crippen molar-refractivity contribution in [3.63, 3.8) is 0 Å². The third kappa shape index (κ3) is 4.91. The van der Waals surface area contributed by atoms with E-state index in [0.29, 0.717) is 19.2 Å². The summed E-state index contributed by atoms with van der Waals surface area (Å²) in [7, 11) is 0. The number of rotatable bonds is 6. The van der Waals surface area contributed by atoms with Crippen LogP contribution in [0.5, 0.6) is 5.75 Å². The molecule has 0 N–H and O–H groups in total. The van der Waals surface area contributed by atoms with Crippen LogP contribution in [-0.4, -0.2) is 32.0 Å². The molecule has 2 atom stereocenters. The Morgan fingerprint density at radius 3 is 2.48 bits per heavy atom. The maximum atomic E-state index is 14.9. The average Bonchev–Trinajstić information content (AvgIpc) is 2.70. The van der Waals surface area contributed by atoms with Crippen LogP contribution in [0, 0.1) is 23.5 Å². The van der Waals surface area contributed by atoms with Crippen molar-refractivity contribution in [3.8, 4) is 5.75 Å². The zero-order valence-corrected chi connectivity index (χ0v) is 16.2. The molecule has 0 spiro atoms. The molecule has 162 valence electrons. The molecular weight excluding hydrogens is 395 g/mol. The number of benzene rings is 1. The Balaban J connectivity index is 1.69. The molecule has 1 aliphatic carbocycles. The van der Waals surface area contributed by atoms with Gasteiger partial charge < -0.3 is 14.2 Å². The van der Waals surface area contributed by atoms with Gasteiger partial charge in [0.15, 0.2) is 17.9 Å². The quantitative estimate of drug-likeness (QED) is 0.549. The zero-order chi connectivity index (χ0) is 21.0. The Labute approximate surface area is 166 Å². The second kappa shape index (κ2) is 9.43. The van der Waals surface area contributed by atoms with Crippen LogP contribution in [0.15, 0.2) is 24.5 Å². The standard InChI is InChI=1S/C21H25F5O3/c1-2-9-27-17-6-4-15(18(23)19(17)24)16-5-3-14(10-21(16,25)26)20-28-11-13(7-8-22)12-29-20/h4,6-8,13-14,16,20H,2-3,5,9-12H2,1H3/b8-7+. The van der Waals surface area contributed by atoms with Gasteiger partial charge in [-0.25, -0.2) is 17.6 Å². The van der Waals surface area contributed by atoms with Crippen LogP contribution in [-0.2, 0) is 9.47 Å². The van der Waals surface area contributed by atoms with Crippen LogP contribution in [0.3, 0.4) is 0 Å². The number of hydrogen-bond donors (Lipinski definition) is 0. The molecule has 3 nitrogen and oxygen atoms in total. The Morgan fingerprint density at radius 1 is 1.14 bits per heavy atom. The average molecular weight is 420 g/mol. The van der Waals surface area contributed by atoms with Crippen molar-refractivity contribution in [2.45, 2.75) is 50.7 Å². The lowest BCUT2D eigenvalue weighted by Gasteiger charge is -2.41. The van der Waals surface area contributed by atoms with Crippen molar-refractivity contribution in [2.75, 3.05) is 19.8 Å². The lowest BCUT2D eigenvalue weighted by Crippen LogP contribution is -2.43. The normalized spacial score (nSPS) is 29.9. The van der Waals surface area contributed by atoms with E-state index in [1.165, 1.54) is 18.2 Å². The SMILES string of the molecule is CCCOc1ccc(C2CCC(C3OCC(/C=C/F)CO3)CC2(F)F)c(F)c1F. The van der Waals surface area contributed by atoms with Gasteiger partial charge in [0.2, 0.25) is 5.82 Å². The van der Waals surface area contributed by atoms with Gasteiger partial charge in [0, 0.05) is 23.8 Å². The van der Waals surface area contributed by atoms with E-state index >= 15 is 0 Å². The van der Waals surface area contributed by atoms with E-state index in [9.17, 15) is 22.0 Å². The predicted molar refractivity (Wildman–Crippen MR) is 96.6 cm³/mol. The fraction of sp³-hybridized carbons (Fsp3) is 0.619. The Kier molecular flexibility index (Phi) is 7.16. The topological polar surface area (TPSA) is 27.7 Å². The highest BCUT2D eigenvalue weighted by atomic mass is 19.3. The highest BCUT2D eigenvalue weighted by Crippen LogP contribution is 2.49. The van der Waals surface area contributed by atoms with E-state index in [2.05, 4.69) is 0 Å². The van der Waals surface area contributed by atoms with Gasteiger partial charge in [0.1, 0.15) is 0 Å². The molecule has 29 heavy (non-hydrogen) atoms. The third-order valence-corrected chi connectivity index (χ3v) is 5.46. The maximum absolute atomic E-state index is 14.9. The zero-order valence-electron chi connectivity index (χ0n) is 16.2. The molecule has 0 radical (unpaired) electrons. The fourth-order valence-corrected chi connectivity index (χ4v) is 3.96. The van der Waals surface area contributed by atoms with E-state index in [-0.39, 0.29) is 43.5 Å².